The monoisotopic (exact) mass is 163 g/mol. The van der Waals surface area contributed by atoms with Crippen LogP contribution in [0.4, 0.5) is 0 Å². The van der Waals surface area contributed by atoms with Crippen molar-refractivity contribution in [3.05, 3.63) is 22.4 Å². The van der Waals surface area contributed by atoms with Crippen molar-refractivity contribution in [1.82, 2.24) is 0 Å². The minimum absolute atomic E-state index is 0.650. The predicted molar refractivity (Wildman–Crippen MR) is 42.1 cm³/mol. The van der Waals surface area contributed by atoms with Crippen molar-refractivity contribution in [3.63, 3.8) is 0 Å². The van der Waals surface area contributed by atoms with Crippen LogP contribution < -0.4 is 0 Å². The zero-order chi connectivity index (χ0) is 6.97. The van der Waals surface area contributed by atoms with Gasteiger partial charge in [-0.25, -0.2) is 0 Å². The van der Waals surface area contributed by atoms with Crippen LogP contribution in [0.15, 0.2) is 6.07 Å². The summed E-state index contributed by atoms with van der Waals surface area (Å²) in [6.45, 7) is 0. The van der Waals surface area contributed by atoms with Gasteiger partial charge in [-0.05, 0) is 6.07 Å². The summed E-state index contributed by atoms with van der Waals surface area (Å²) in [7, 11) is 0. The Morgan fingerprint density at radius 1 is 1.50 bits per heavy atom. The Balaban J connectivity index is 2.92. The molecule has 0 amide bonds. The molecule has 0 bridgehead atoms. The van der Waals surface area contributed by atoms with Gasteiger partial charge in [0.05, 0.1) is 15.0 Å². The van der Waals surface area contributed by atoms with Gasteiger partial charge in [-0.15, -0.1) is 22.7 Å². The number of nitrogens with zero attached hydrogens (tertiary/aromatic N) is 1. The average molecular weight is 163 g/mol. The number of thiophene rings is 2. The van der Waals surface area contributed by atoms with E-state index in [1.54, 1.807) is 0 Å². The van der Waals surface area contributed by atoms with Crippen LogP contribution in [0.25, 0.3) is 9.40 Å². The maximum absolute atomic E-state index is 8.56. The third kappa shape index (κ3) is 0.666. The third-order valence-corrected chi connectivity index (χ3v) is 3.05. The van der Waals surface area contributed by atoms with Gasteiger partial charge in [-0.3, -0.25) is 0 Å². The van der Waals surface area contributed by atoms with Crippen LogP contribution in [0.1, 0.15) is 5.56 Å². The molecule has 0 aliphatic heterocycles. The summed E-state index contributed by atoms with van der Waals surface area (Å²) in [5.41, 5.74) is 0.650. The largest absolute Gasteiger partial charge is 0.192 e. The molecule has 0 unspecified atom stereocenters. The first kappa shape index (κ1) is 5.90. The fourth-order valence-corrected chi connectivity index (χ4v) is 2.35. The maximum atomic E-state index is 8.56. The molecule has 10 heavy (non-hydrogen) atoms. The van der Waals surface area contributed by atoms with Crippen molar-refractivity contribution in [3.8, 4) is 6.07 Å². The molecule has 0 fully saturated rings. The van der Waals surface area contributed by atoms with Crippen LogP contribution >= 0.6 is 22.7 Å². The summed E-state index contributed by atoms with van der Waals surface area (Å²) in [6, 6.07) is 3.92. The van der Waals surface area contributed by atoms with E-state index in [0.29, 0.717) is 5.56 Å². The molecule has 2 aromatic heterocycles. The first-order valence-corrected chi connectivity index (χ1v) is 4.25. The van der Waals surface area contributed by atoms with Crippen molar-refractivity contribution in [2.24, 2.45) is 0 Å². The van der Waals surface area contributed by atoms with Gasteiger partial charge in [-0.2, -0.15) is 5.26 Å². The van der Waals surface area contributed by atoms with Gasteiger partial charge in [0.2, 0.25) is 0 Å². The van der Waals surface area contributed by atoms with Crippen molar-refractivity contribution in [2.75, 3.05) is 0 Å². The fourth-order valence-electron chi connectivity index (χ4n) is 0.741. The van der Waals surface area contributed by atoms with Gasteiger partial charge in [-0.1, -0.05) is 0 Å². The third-order valence-electron chi connectivity index (χ3n) is 1.20. The van der Waals surface area contributed by atoms with Crippen LogP contribution in [-0.2, 0) is 0 Å². The van der Waals surface area contributed by atoms with Gasteiger partial charge < -0.3 is 0 Å². The lowest BCUT2D eigenvalue weighted by molar-refractivity contribution is 1.52. The second-order valence-corrected chi connectivity index (χ2v) is 3.68. The Morgan fingerprint density at radius 2 is 2.40 bits per heavy atom. The first-order chi connectivity index (χ1) is 4.92. The second kappa shape index (κ2) is 2.08. The summed E-state index contributed by atoms with van der Waals surface area (Å²) in [6.07, 6.45) is 0. The van der Waals surface area contributed by atoms with E-state index in [0.717, 1.165) is 9.40 Å². The van der Waals surface area contributed by atoms with E-state index in [4.69, 9.17) is 5.26 Å². The zero-order valence-electron chi connectivity index (χ0n) is 4.84. The molecular formula is C7HNS2. The second-order valence-electron chi connectivity index (χ2n) is 1.76. The highest BCUT2D eigenvalue weighted by Gasteiger charge is 2.03. The van der Waals surface area contributed by atoms with Crippen LogP contribution in [-0.4, -0.2) is 0 Å². The molecule has 0 spiro atoms. The summed E-state index contributed by atoms with van der Waals surface area (Å²) < 4.78 is 1.14. The molecule has 2 heterocycles. The molecule has 0 aliphatic rings. The number of fused-ring (bicyclic) bond motifs is 1. The zero-order valence-corrected chi connectivity index (χ0v) is 6.47. The van der Waals surface area contributed by atoms with Gasteiger partial charge >= 0.3 is 0 Å². The molecule has 1 nitrogen and oxygen atoms in total. The SMILES string of the molecule is N#Cc1[c]sc2s[c]cc12. The highest BCUT2D eigenvalue weighted by atomic mass is 32.2. The lowest BCUT2D eigenvalue weighted by atomic mass is 10.3. The highest BCUT2D eigenvalue weighted by molar-refractivity contribution is 7.36. The molecule has 0 aromatic carbocycles. The van der Waals surface area contributed by atoms with E-state index in [9.17, 15) is 0 Å². The van der Waals surface area contributed by atoms with E-state index in [-0.39, 0.29) is 0 Å². The lowest BCUT2D eigenvalue weighted by Crippen LogP contribution is -1.61. The van der Waals surface area contributed by atoms with Crippen molar-refractivity contribution in [1.29, 1.82) is 5.26 Å². The molecule has 0 N–H and O–H groups in total. The quantitative estimate of drug-likeness (QED) is 0.585. The van der Waals surface area contributed by atoms with E-state index in [2.05, 4.69) is 16.8 Å². The molecule has 0 atom stereocenters. The number of nitriles is 1. The predicted octanol–water partition coefficient (Wildman–Crippen LogP) is 2.43. The Morgan fingerprint density at radius 3 is 3.20 bits per heavy atom. The summed E-state index contributed by atoms with van der Waals surface area (Å²) in [5, 5.41) is 15.4. The van der Waals surface area contributed by atoms with E-state index in [1.807, 2.05) is 6.07 Å². The van der Waals surface area contributed by atoms with E-state index in [1.165, 1.54) is 22.7 Å². The standard InChI is InChI=1S/C7HNS2/c8-3-5-4-10-7-6(5)1-2-9-7/h1H. The minimum Gasteiger partial charge on any atom is -0.192 e. The van der Waals surface area contributed by atoms with Crippen molar-refractivity contribution < 1.29 is 0 Å². The number of rotatable bonds is 0. The summed E-state index contributed by atoms with van der Waals surface area (Å²) in [4.78, 5) is 0. The first-order valence-electron chi connectivity index (χ1n) is 2.62. The smallest absolute Gasteiger partial charge is 0.101 e. The molecule has 0 aliphatic carbocycles. The lowest BCUT2D eigenvalue weighted by Gasteiger charge is -1.72. The van der Waals surface area contributed by atoms with Gasteiger partial charge in [0.15, 0.2) is 0 Å². The normalized spacial score (nSPS) is 9.90. The molecule has 0 saturated heterocycles. The molecule has 3 heteroatoms. The Hall–Kier alpha value is -0.850. The molecule has 2 aromatic rings. The van der Waals surface area contributed by atoms with Gasteiger partial charge in [0, 0.05) is 10.8 Å². The average Bonchev–Trinajstić information content (AvgIpc) is 2.44. The molecule has 46 valence electrons. The van der Waals surface area contributed by atoms with Crippen molar-refractivity contribution in [2.45, 2.75) is 0 Å². The number of hydrogen-bond acceptors (Lipinski definition) is 3. The highest BCUT2D eigenvalue weighted by Crippen LogP contribution is 2.28. The molecular weight excluding hydrogens is 162 g/mol. The van der Waals surface area contributed by atoms with Crippen LogP contribution in [0.5, 0.6) is 0 Å². The van der Waals surface area contributed by atoms with E-state index >= 15 is 0 Å². The Labute approximate surface area is 66.2 Å². The van der Waals surface area contributed by atoms with Crippen LogP contribution in [0, 0.1) is 22.1 Å². The minimum atomic E-state index is 0.650. The maximum Gasteiger partial charge on any atom is 0.101 e. The van der Waals surface area contributed by atoms with Crippen LogP contribution in [0.2, 0.25) is 0 Å². The van der Waals surface area contributed by atoms with E-state index < -0.39 is 0 Å². The Kier molecular flexibility index (Phi) is 1.23. The molecule has 2 radical (unpaired) electrons. The molecule has 2 rings (SSSR count). The number of hydrogen-bond donors (Lipinski definition) is 0. The van der Waals surface area contributed by atoms with Gasteiger partial charge in [0.25, 0.3) is 0 Å². The fraction of sp³-hybridized carbons (Fsp3) is 0. The molecule has 0 saturated carbocycles. The van der Waals surface area contributed by atoms with Crippen molar-refractivity contribution >= 4 is 32.1 Å². The summed E-state index contributed by atoms with van der Waals surface area (Å²) in [5.74, 6) is 0. The van der Waals surface area contributed by atoms with Crippen LogP contribution in [0.3, 0.4) is 0 Å². The Bertz CT molecular complexity index is 391. The topological polar surface area (TPSA) is 23.8 Å². The summed E-state index contributed by atoms with van der Waals surface area (Å²) >= 11 is 3.02. The van der Waals surface area contributed by atoms with Gasteiger partial charge in [0.1, 0.15) is 6.07 Å².